The number of hydrogen-bond donors (Lipinski definition) is 0. The quantitative estimate of drug-likeness (QED) is 0.689. The van der Waals surface area contributed by atoms with Crippen molar-refractivity contribution in [2.24, 2.45) is 5.92 Å². The van der Waals surface area contributed by atoms with E-state index in [4.69, 9.17) is 4.74 Å². The molecule has 1 saturated carbocycles. The van der Waals surface area contributed by atoms with Crippen LogP contribution >= 0.6 is 0 Å². The van der Waals surface area contributed by atoms with Crippen LogP contribution in [0.5, 0.6) is 0 Å². The van der Waals surface area contributed by atoms with Crippen molar-refractivity contribution >= 4 is 5.78 Å². The Kier molecular flexibility index (Phi) is 2.86. The first-order valence-corrected chi connectivity index (χ1v) is 5.36. The van der Waals surface area contributed by atoms with E-state index in [1.807, 2.05) is 17.7 Å². The van der Waals surface area contributed by atoms with Crippen LogP contribution in [-0.4, -0.2) is 28.5 Å². The summed E-state index contributed by atoms with van der Waals surface area (Å²) in [5.74, 6) is 0.951. The lowest BCUT2D eigenvalue weighted by molar-refractivity contribution is 0.0525. The fourth-order valence-electron chi connectivity index (χ4n) is 1.83. The summed E-state index contributed by atoms with van der Waals surface area (Å²) in [6.45, 7) is 2.76. The molecule has 0 N–H and O–H groups in total. The van der Waals surface area contributed by atoms with Crippen molar-refractivity contribution < 1.29 is 9.53 Å². The van der Waals surface area contributed by atoms with E-state index in [2.05, 4.69) is 4.98 Å². The molecule has 2 rings (SSSR count). The average Bonchev–Trinajstić information content (AvgIpc) is 2.96. The second kappa shape index (κ2) is 4.14. The van der Waals surface area contributed by atoms with Gasteiger partial charge in [0, 0.05) is 26.0 Å². The Hall–Kier alpha value is -1.16. The first kappa shape index (κ1) is 10.4. The van der Waals surface area contributed by atoms with Crippen molar-refractivity contribution in [1.82, 2.24) is 9.55 Å². The van der Waals surface area contributed by atoms with Gasteiger partial charge in [-0.15, -0.1) is 0 Å². The maximum Gasteiger partial charge on any atom is 0.227 e. The van der Waals surface area contributed by atoms with Gasteiger partial charge in [0.15, 0.2) is 5.82 Å². The summed E-state index contributed by atoms with van der Waals surface area (Å²) in [6, 6.07) is 0. The van der Waals surface area contributed by atoms with Gasteiger partial charge in [-0.1, -0.05) is 0 Å². The number of ketones is 1. The number of Topliss-reactive ketones (excluding diaryl/α,β-unsaturated/α-hetero) is 1. The summed E-state index contributed by atoms with van der Waals surface area (Å²) in [4.78, 5) is 16.2. The molecule has 1 atom stereocenters. The zero-order chi connectivity index (χ0) is 10.8. The molecule has 1 fully saturated rings. The lowest BCUT2D eigenvalue weighted by atomic mass is 10.1. The van der Waals surface area contributed by atoms with Crippen LogP contribution in [0.2, 0.25) is 0 Å². The van der Waals surface area contributed by atoms with Crippen molar-refractivity contribution in [3.63, 3.8) is 0 Å². The second-order valence-electron chi connectivity index (χ2n) is 3.89. The third kappa shape index (κ3) is 1.95. The molecule has 0 spiro atoms. The highest BCUT2D eigenvalue weighted by Crippen LogP contribution is 2.35. The zero-order valence-electron chi connectivity index (χ0n) is 9.14. The summed E-state index contributed by atoms with van der Waals surface area (Å²) in [7, 11) is 1.60. The van der Waals surface area contributed by atoms with Crippen LogP contribution in [-0.2, 0) is 11.3 Å². The molecule has 1 aromatic heterocycles. The van der Waals surface area contributed by atoms with Crippen molar-refractivity contribution in [3.8, 4) is 0 Å². The predicted octanol–water partition coefficient (Wildman–Crippen LogP) is 1.51. The number of aryl methyl sites for hydroxylation is 1. The molecule has 15 heavy (non-hydrogen) atoms. The number of carbonyl (C=O) groups is 1. The van der Waals surface area contributed by atoms with Gasteiger partial charge < -0.3 is 9.30 Å². The number of ether oxygens (including phenoxy) is 1. The van der Waals surface area contributed by atoms with Gasteiger partial charge >= 0.3 is 0 Å². The van der Waals surface area contributed by atoms with Gasteiger partial charge in [0.25, 0.3) is 0 Å². The molecule has 1 unspecified atom stereocenters. The molecule has 0 bridgehead atoms. The van der Waals surface area contributed by atoms with Gasteiger partial charge in [0.1, 0.15) is 6.10 Å². The van der Waals surface area contributed by atoms with E-state index in [0.29, 0.717) is 11.7 Å². The summed E-state index contributed by atoms with van der Waals surface area (Å²) >= 11 is 0. The number of rotatable bonds is 5. The van der Waals surface area contributed by atoms with Gasteiger partial charge in [-0.25, -0.2) is 4.98 Å². The van der Waals surface area contributed by atoms with Crippen LogP contribution in [0.4, 0.5) is 0 Å². The summed E-state index contributed by atoms with van der Waals surface area (Å²) in [6.07, 6.45) is 5.38. The molecule has 0 amide bonds. The van der Waals surface area contributed by atoms with Crippen LogP contribution in [0.25, 0.3) is 0 Å². The Morgan fingerprint density at radius 2 is 2.47 bits per heavy atom. The second-order valence-corrected chi connectivity index (χ2v) is 3.89. The third-order valence-electron chi connectivity index (χ3n) is 2.84. The highest BCUT2D eigenvalue weighted by Gasteiger charge is 2.38. The molecule has 0 radical (unpaired) electrons. The normalized spacial score (nSPS) is 17.7. The maximum atomic E-state index is 12.1. The van der Waals surface area contributed by atoms with E-state index < -0.39 is 0 Å². The number of carbonyl (C=O) groups excluding carboxylic acids is 1. The van der Waals surface area contributed by atoms with Crippen LogP contribution in [0.1, 0.15) is 30.4 Å². The molecule has 1 aromatic rings. The fraction of sp³-hybridized carbons (Fsp3) is 0.636. The minimum Gasteiger partial charge on any atom is -0.373 e. The van der Waals surface area contributed by atoms with E-state index in [0.717, 1.165) is 19.4 Å². The zero-order valence-corrected chi connectivity index (χ0v) is 9.14. The number of imidazole rings is 1. The van der Waals surface area contributed by atoms with Crippen molar-refractivity contribution in [2.45, 2.75) is 32.4 Å². The monoisotopic (exact) mass is 208 g/mol. The van der Waals surface area contributed by atoms with Crippen LogP contribution in [0, 0.1) is 5.92 Å². The first-order chi connectivity index (χ1) is 7.27. The van der Waals surface area contributed by atoms with Gasteiger partial charge in [0.05, 0.1) is 0 Å². The average molecular weight is 208 g/mol. The van der Waals surface area contributed by atoms with Gasteiger partial charge in [0.2, 0.25) is 5.78 Å². The van der Waals surface area contributed by atoms with E-state index in [1.165, 1.54) is 0 Å². The summed E-state index contributed by atoms with van der Waals surface area (Å²) < 4.78 is 7.11. The highest BCUT2D eigenvalue weighted by molar-refractivity contribution is 5.96. The Balaban J connectivity index is 2.18. The highest BCUT2D eigenvalue weighted by atomic mass is 16.5. The molecule has 0 aromatic carbocycles. The first-order valence-electron chi connectivity index (χ1n) is 5.36. The van der Waals surface area contributed by atoms with Crippen LogP contribution in [0.3, 0.4) is 0 Å². The molecule has 0 saturated heterocycles. The van der Waals surface area contributed by atoms with E-state index in [1.54, 1.807) is 13.3 Å². The molecule has 4 heteroatoms. The minimum atomic E-state index is -0.294. The molecule has 82 valence electrons. The largest absolute Gasteiger partial charge is 0.373 e. The van der Waals surface area contributed by atoms with Crippen molar-refractivity contribution in [1.29, 1.82) is 0 Å². The SMILES string of the molecule is CCn1ccnc1C(=O)C(OC)C1CC1. The Morgan fingerprint density at radius 3 is 3.00 bits per heavy atom. The fourth-order valence-corrected chi connectivity index (χ4v) is 1.83. The molecular weight excluding hydrogens is 192 g/mol. The molecule has 1 heterocycles. The Bertz CT molecular complexity index is 355. The molecule has 4 nitrogen and oxygen atoms in total. The number of aromatic nitrogens is 2. The van der Waals surface area contributed by atoms with Gasteiger partial charge in [-0.2, -0.15) is 0 Å². The summed E-state index contributed by atoms with van der Waals surface area (Å²) in [5, 5.41) is 0. The van der Waals surface area contributed by atoms with E-state index in [-0.39, 0.29) is 11.9 Å². The standard InChI is InChI=1S/C11H16N2O2/c1-3-13-7-6-12-11(13)9(14)10(15-2)8-4-5-8/h6-8,10H,3-5H2,1-2H3. The molecule has 1 aliphatic rings. The van der Waals surface area contributed by atoms with Crippen molar-refractivity contribution in [2.75, 3.05) is 7.11 Å². The minimum absolute atomic E-state index is 0.0202. The van der Waals surface area contributed by atoms with Crippen LogP contribution < -0.4 is 0 Å². The topological polar surface area (TPSA) is 44.1 Å². The lowest BCUT2D eigenvalue weighted by Gasteiger charge is -2.13. The van der Waals surface area contributed by atoms with Crippen LogP contribution in [0.15, 0.2) is 12.4 Å². The molecule has 1 aliphatic carbocycles. The smallest absolute Gasteiger partial charge is 0.227 e. The summed E-state index contributed by atoms with van der Waals surface area (Å²) in [5.41, 5.74) is 0. The maximum absolute atomic E-state index is 12.1. The molecule has 0 aliphatic heterocycles. The number of hydrogen-bond acceptors (Lipinski definition) is 3. The Morgan fingerprint density at radius 1 is 1.73 bits per heavy atom. The van der Waals surface area contributed by atoms with Gasteiger partial charge in [-0.05, 0) is 25.7 Å². The number of methoxy groups -OCH3 is 1. The lowest BCUT2D eigenvalue weighted by Crippen LogP contribution is -2.28. The van der Waals surface area contributed by atoms with E-state index >= 15 is 0 Å². The Labute approximate surface area is 89.3 Å². The number of nitrogens with zero attached hydrogens (tertiary/aromatic N) is 2. The molecular formula is C11H16N2O2. The van der Waals surface area contributed by atoms with E-state index in [9.17, 15) is 4.79 Å². The predicted molar refractivity (Wildman–Crippen MR) is 55.8 cm³/mol. The van der Waals surface area contributed by atoms with Gasteiger partial charge in [-0.3, -0.25) is 4.79 Å². The third-order valence-corrected chi connectivity index (χ3v) is 2.84. The van der Waals surface area contributed by atoms with Crippen molar-refractivity contribution in [3.05, 3.63) is 18.2 Å².